The zero-order valence-corrected chi connectivity index (χ0v) is 14.6. The van der Waals surface area contributed by atoms with Gasteiger partial charge in [0.05, 0.1) is 17.6 Å². The van der Waals surface area contributed by atoms with Crippen molar-refractivity contribution in [2.75, 3.05) is 12.9 Å². The van der Waals surface area contributed by atoms with E-state index in [4.69, 9.17) is 0 Å². The fraction of sp³-hybridized carbons (Fsp3) is 0.333. The standard InChI is InChI=1S/C18H22N2O3S/c1-13(17(12-21)24-2)19-18(14-7-4-3-5-8-14)15-9-6-10-16(11-15)20(22)23/h3-11,13,17-19,21H,12H2,1-2H3. The Kier molecular flexibility index (Phi) is 6.78. The van der Waals surface area contributed by atoms with E-state index >= 15 is 0 Å². The average Bonchev–Trinajstić information content (AvgIpc) is 2.61. The molecule has 0 spiro atoms. The van der Waals surface area contributed by atoms with Gasteiger partial charge in [-0.15, -0.1) is 0 Å². The highest BCUT2D eigenvalue weighted by Gasteiger charge is 2.22. The summed E-state index contributed by atoms with van der Waals surface area (Å²) in [5, 5.41) is 24.2. The van der Waals surface area contributed by atoms with Crippen LogP contribution in [0.2, 0.25) is 0 Å². The van der Waals surface area contributed by atoms with E-state index in [1.165, 1.54) is 6.07 Å². The largest absolute Gasteiger partial charge is 0.395 e. The monoisotopic (exact) mass is 346 g/mol. The average molecular weight is 346 g/mol. The Morgan fingerprint density at radius 3 is 2.42 bits per heavy atom. The first-order valence-corrected chi connectivity index (χ1v) is 9.04. The molecule has 0 amide bonds. The van der Waals surface area contributed by atoms with Crippen molar-refractivity contribution in [3.05, 3.63) is 75.8 Å². The highest BCUT2D eigenvalue weighted by molar-refractivity contribution is 7.99. The molecule has 0 aliphatic rings. The van der Waals surface area contributed by atoms with Crippen LogP contribution < -0.4 is 5.32 Å². The zero-order valence-electron chi connectivity index (χ0n) is 13.8. The molecule has 0 aliphatic heterocycles. The number of nitrogens with one attached hydrogen (secondary N) is 1. The van der Waals surface area contributed by atoms with Gasteiger partial charge in [0.2, 0.25) is 0 Å². The van der Waals surface area contributed by atoms with Crippen molar-refractivity contribution in [3.8, 4) is 0 Å². The van der Waals surface area contributed by atoms with Gasteiger partial charge >= 0.3 is 0 Å². The van der Waals surface area contributed by atoms with Crippen LogP contribution in [0.25, 0.3) is 0 Å². The second-order valence-corrected chi connectivity index (χ2v) is 6.68. The molecule has 128 valence electrons. The second-order valence-electron chi connectivity index (χ2n) is 5.61. The molecule has 6 heteroatoms. The number of aliphatic hydroxyl groups excluding tert-OH is 1. The minimum atomic E-state index is -0.382. The summed E-state index contributed by atoms with van der Waals surface area (Å²) in [7, 11) is 0. The fourth-order valence-corrected chi connectivity index (χ4v) is 3.29. The molecule has 2 rings (SSSR count). The fourth-order valence-electron chi connectivity index (χ4n) is 2.66. The maximum absolute atomic E-state index is 11.1. The Morgan fingerprint density at radius 2 is 1.83 bits per heavy atom. The van der Waals surface area contributed by atoms with Gasteiger partial charge < -0.3 is 10.4 Å². The predicted octanol–water partition coefficient (Wildman–Crippen LogP) is 3.39. The molecule has 2 aromatic carbocycles. The van der Waals surface area contributed by atoms with Crippen molar-refractivity contribution in [3.63, 3.8) is 0 Å². The topological polar surface area (TPSA) is 75.4 Å². The Bertz CT molecular complexity index is 662. The minimum Gasteiger partial charge on any atom is -0.395 e. The summed E-state index contributed by atoms with van der Waals surface area (Å²) in [6.07, 6.45) is 1.96. The summed E-state index contributed by atoms with van der Waals surface area (Å²) in [5.41, 5.74) is 1.94. The third kappa shape index (κ3) is 4.56. The Hall–Kier alpha value is -1.89. The highest BCUT2D eigenvalue weighted by Crippen LogP contribution is 2.27. The number of hydrogen-bond acceptors (Lipinski definition) is 5. The summed E-state index contributed by atoms with van der Waals surface area (Å²) in [4.78, 5) is 10.7. The van der Waals surface area contributed by atoms with Crippen LogP contribution in [0.1, 0.15) is 24.1 Å². The molecule has 2 aromatic rings. The molecule has 3 atom stereocenters. The number of nitro groups is 1. The lowest BCUT2D eigenvalue weighted by atomic mass is 9.97. The smallest absolute Gasteiger partial charge is 0.269 e. The van der Waals surface area contributed by atoms with E-state index in [2.05, 4.69) is 5.32 Å². The molecule has 0 saturated heterocycles. The Balaban J connectivity index is 2.37. The van der Waals surface area contributed by atoms with Crippen LogP contribution in [0.15, 0.2) is 54.6 Å². The number of hydrogen-bond donors (Lipinski definition) is 2. The van der Waals surface area contributed by atoms with Crippen molar-refractivity contribution >= 4 is 17.4 Å². The van der Waals surface area contributed by atoms with Crippen molar-refractivity contribution in [1.29, 1.82) is 0 Å². The molecule has 0 bridgehead atoms. The van der Waals surface area contributed by atoms with Gasteiger partial charge in [-0.05, 0) is 24.3 Å². The van der Waals surface area contributed by atoms with Gasteiger partial charge in [-0.2, -0.15) is 11.8 Å². The van der Waals surface area contributed by atoms with E-state index < -0.39 is 0 Å². The van der Waals surface area contributed by atoms with E-state index in [-0.39, 0.29) is 34.6 Å². The van der Waals surface area contributed by atoms with E-state index in [0.29, 0.717) is 0 Å². The number of rotatable bonds is 8. The van der Waals surface area contributed by atoms with Gasteiger partial charge in [-0.25, -0.2) is 0 Å². The van der Waals surface area contributed by atoms with Crippen LogP contribution in [0, 0.1) is 10.1 Å². The van der Waals surface area contributed by atoms with Gasteiger partial charge in [-0.3, -0.25) is 10.1 Å². The molecule has 0 aromatic heterocycles. The first-order chi connectivity index (χ1) is 11.6. The third-order valence-corrected chi connectivity index (χ3v) is 5.18. The summed E-state index contributed by atoms with van der Waals surface area (Å²) in [6.45, 7) is 2.09. The lowest BCUT2D eigenvalue weighted by Crippen LogP contribution is -2.40. The lowest BCUT2D eigenvalue weighted by molar-refractivity contribution is -0.384. The van der Waals surface area contributed by atoms with E-state index in [0.717, 1.165) is 11.1 Å². The van der Waals surface area contributed by atoms with E-state index in [9.17, 15) is 15.2 Å². The molecular weight excluding hydrogens is 324 g/mol. The van der Waals surface area contributed by atoms with Crippen LogP contribution in [-0.2, 0) is 0 Å². The molecule has 0 fully saturated rings. The lowest BCUT2D eigenvalue weighted by Gasteiger charge is -2.28. The van der Waals surface area contributed by atoms with E-state index in [1.54, 1.807) is 23.9 Å². The predicted molar refractivity (Wildman–Crippen MR) is 98.4 cm³/mol. The van der Waals surface area contributed by atoms with Crippen LogP contribution in [0.4, 0.5) is 5.69 Å². The van der Waals surface area contributed by atoms with Gasteiger partial charge in [0.15, 0.2) is 0 Å². The van der Waals surface area contributed by atoms with Gasteiger partial charge in [0, 0.05) is 23.4 Å². The number of non-ortho nitro benzene ring substituents is 1. The van der Waals surface area contributed by atoms with Gasteiger partial charge in [0.25, 0.3) is 5.69 Å². The molecule has 0 radical (unpaired) electrons. The van der Waals surface area contributed by atoms with Crippen LogP contribution in [0.3, 0.4) is 0 Å². The molecule has 0 aliphatic carbocycles. The van der Waals surface area contributed by atoms with Crippen molar-refractivity contribution < 1.29 is 10.0 Å². The summed E-state index contributed by atoms with van der Waals surface area (Å²) in [5.74, 6) is 0. The first-order valence-electron chi connectivity index (χ1n) is 7.75. The van der Waals surface area contributed by atoms with Crippen molar-refractivity contribution in [2.45, 2.75) is 24.3 Å². The summed E-state index contributed by atoms with van der Waals surface area (Å²) in [6, 6.07) is 16.4. The van der Waals surface area contributed by atoms with Crippen molar-refractivity contribution in [2.24, 2.45) is 0 Å². The van der Waals surface area contributed by atoms with Crippen LogP contribution in [-0.4, -0.2) is 34.2 Å². The SMILES string of the molecule is CSC(CO)C(C)NC(c1ccccc1)c1cccc([N+](=O)[O-])c1. The van der Waals surface area contributed by atoms with E-state index in [1.807, 2.05) is 49.6 Å². The number of aliphatic hydroxyl groups is 1. The number of benzene rings is 2. The number of nitrogens with zero attached hydrogens (tertiary/aromatic N) is 1. The number of nitro benzene ring substituents is 1. The maximum atomic E-state index is 11.1. The Labute approximate surface area is 146 Å². The molecule has 0 saturated carbocycles. The third-order valence-electron chi connectivity index (χ3n) is 4.02. The molecule has 0 heterocycles. The summed E-state index contributed by atoms with van der Waals surface area (Å²) < 4.78 is 0. The van der Waals surface area contributed by atoms with Crippen LogP contribution in [0.5, 0.6) is 0 Å². The molecule has 3 unspecified atom stereocenters. The molecule has 24 heavy (non-hydrogen) atoms. The quantitative estimate of drug-likeness (QED) is 0.566. The summed E-state index contributed by atoms with van der Waals surface area (Å²) >= 11 is 1.60. The Morgan fingerprint density at radius 1 is 1.17 bits per heavy atom. The molecular formula is C18H22N2O3S. The maximum Gasteiger partial charge on any atom is 0.269 e. The van der Waals surface area contributed by atoms with Gasteiger partial charge in [-0.1, -0.05) is 42.5 Å². The highest BCUT2D eigenvalue weighted by atomic mass is 32.2. The second kappa shape index (κ2) is 8.82. The van der Waals surface area contributed by atoms with Crippen molar-refractivity contribution in [1.82, 2.24) is 5.32 Å². The number of thioether (sulfide) groups is 1. The van der Waals surface area contributed by atoms with Gasteiger partial charge in [0.1, 0.15) is 0 Å². The normalized spacial score (nSPS) is 14.8. The minimum absolute atomic E-state index is 0.0365. The first kappa shape index (κ1) is 18.4. The molecule has 5 nitrogen and oxygen atoms in total. The zero-order chi connectivity index (χ0) is 17.5. The molecule has 2 N–H and O–H groups in total. The van der Waals surface area contributed by atoms with Crippen LogP contribution >= 0.6 is 11.8 Å².